The van der Waals surface area contributed by atoms with E-state index in [0.717, 1.165) is 5.39 Å². The molecule has 2 rings (SSSR count). The second-order valence-electron chi connectivity index (χ2n) is 6.18. The number of pyridine rings is 1. The van der Waals surface area contributed by atoms with Crippen molar-refractivity contribution < 1.29 is 14.3 Å². The molecule has 0 unspecified atom stereocenters. The van der Waals surface area contributed by atoms with Gasteiger partial charge in [-0.15, -0.1) is 0 Å². The predicted octanol–water partition coefficient (Wildman–Crippen LogP) is 2.55. The van der Waals surface area contributed by atoms with Gasteiger partial charge in [-0.3, -0.25) is 9.78 Å². The maximum Gasteiger partial charge on any atom is 0.328 e. The van der Waals surface area contributed by atoms with Crippen LogP contribution >= 0.6 is 0 Å². The molecule has 116 valence electrons. The standard InChI is InChI=1S/C17H20N2O3/c1-17(2,3)14(16(21)22-4)19-15(20)12-9-5-7-11-8-6-10-18-13(11)12/h5-10,14H,1-4H3,(H,19,20)/t14-/m1/s1. The Morgan fingerprint density at radius 2 is 1.86 bits per heavy atom. The van der Waals surface area contributed by atoms with E-state index in [1.807, 2.05) is 39.0 Å². The number of carbonyl (C=O) groups is 2. The van der Waals surface area contributed by atoms with Crippen LogP contribution in [-0.2, 0) is 9.53 Å². The predicted molar refractivity (Wildman–Crippen MR) is 84.5 cm³/mol. The van der Waals surface area contributed by atoms with E-state index in [9.17, 15) is 9.59 Å². The van der Waals surface area contributed by atoms with Crippen LogP contribution in [0.15, 0.2) is 36.5 Å². The van der Waals surface area contributed by atoms with Gasteiger partial charge < -0.3 is 10.1 Å². The van der Waals surface area contributed by atoms with Gasteiger partial charge in [0.15, 0.2) is 0 Å². The minimum absolute atomic E-state index is 0.338. The smallest absolute Gasteiger partial charge is 0.328 e. The number of esters is 1. The van der Waals surface area contributed by atoms with Crippen LogP contribution in [0.1, 0.15) is 31.1 Å². The summed E-state index contributed by atoms with van der Waals surface area (Å²) < 4.78 is 4.79. The van der Waals surface area contributed by atoms with Gasteiger partial charge in [-0.1, -0.05) is 39.0 Å². The fourth-order valence-corrected chi connectivity index (χ4v) is 2.24. The van der Waals surface area contributed by atoms with Gasteiger partial charge in [0, 0.05) is 11.6 Å². The molecule has 5 nitrogen and oxygen atoms in total. The van der Waals surface area contributed by atoms with Gasteiger partial charge in [-0.2, -0.15) is 0 Å². The summed E-state index contributed by atoms with van der Waals surface area (Å²) in [7, 11) is 1.31. The summed E-state index contributed by atoms with van der Waals surface area (Å²) in [6, 6.07) is 8.35. The van der Waals surface area contributed by atoms with Crippen LogP contribution in [0.5, 0.6) is 0 Å². The van der Waals surface area contributed by atoms with E-state index in [1.54, 1.807) is 18.3 Å². The number of hydrogen-bond donors (Lipinski definition) is 1. The second-order valence-corrected chi connectivity index (χ2v) is 6.18. The molecule has 1 N–H and O–H groups in total. The number of amides is 1. The molecule has 0 bridgehead atoms. The van der Waals surface area contributed by atoms with Gasteiger partial charge in [0.1, 0.15) is 6.04 Å². The fraction of sp³-hybridized carbons (Fsp3) is 0.353. The minimum Gasteiger partial charge on any atom is -0.467 e. The van der Waals surface area contributed by atoms with E-state index in [0.29, 0.717) is 11.1 Å². The molecule has 1 amide bonds. The minimum atomic E-state index is -0.732. The number of ether oxygens (including phenoxy) is 1. The zero-order valence-electron chi connectivity index (χ0n) is 13.2. The lowest BCUT2D eigenvalue weighted by Gasteiger charge is -2.29. The maximum absolute atomic E-state index is 12.6. The number of benzene rings is 1. The van der Waals surface area contributed by atoms with Crippen molar-refractivity contribution in [3.05, 3.63) is 42.1 Å². The number of methoxy groups -OCH3 is 1. The first-order valence-electron chi connectivity index (χ1n) is 7.07. The summed E-state index contributed by atoms with van der Waals surface area (Å²) >= 11 is 0. The van der Waals surface area contributed by atoms with Crippen molar-refractivity contribution in [3.63, 3.8) is 0 Å². The van der Waals surface area contributed by atoms with E-state index in [-0.39, 0.29) is 5.91 Å². The molecule has 1 aromatic heterocycles. The number of nitrogens with one attached hydrogen (secondary N) is 1. The maximum atomic E-state index is 12.6. The van der Waals surface area contributed by atoms with Crippen molar-refractivity contribution in [3.8, 4) is 0 Å². The van der Waals surface area contributed by atoms with Crippen molar-refractivity contribution >= 4 is 22.8 Å². The molecule has 0 fully saturated rings. The highest BCUT2D eigenvalue weighted by Gasteiger charge is 2.34. The largest absolute Gasteiger partial charge is 0.467 e. The Bertz CT molecular complexity index is 699. The number of aromatic nitrogens is 1. The van der Waals surface area contributed by atoms with Crippen LogP contribution in [0.2, 0.25) is 0 Å². The summed E-state index contributed by atoms with van der Waals surface area (Å²) in [4.78, 5) is 28.8. The van der Waals surface area contributed by atoms with E-state index < -0.39 is 17.4 Å². The Kier molecular flexibility index (Phi) is 4.45. The van der Waals surface area contributed by atoms with Gasteiger partial charge >= 0.3 is 5.97 Å². The molecule has 0 spiro atoms. The van der Waals surface area contributed by atoms with Gasteiger partial charge in [0.25, 0.3) is 5.91 Å². The van der Waals surface area contributed by atoms with Crippen molar-refractivity contribution in [2.75, 3.05) is 7.11 Å². The first-order valence-corrected chi connectivity index (χ1v) is 7.07. The van der Waals surface area contributed by atoms with Crippen LogP contribution in [0.4, 0.5) is 0 Å². The summed E-state index contributed by atoms with van der Waals surface area (Å²) in [5.74, 6) is -0.802. The van der Waals surface area contributed by atoms with Crippen molar-refractivity contribution in [2.45, 2.75) is 26.8 Å². The number of carbonyl (C=O) groups excluding carboxylic acids is 2. The molecule has 0 aliphatic rings. The molecule has 0 saturated heterocycles. The number of nitrogens with zero attached hydrogens (tertiary/aromatic N) is 1. The molecule has 0 aliphatic heterocycles. The average molecular weight is 300 g/mol. The van der Waals surface area contributed by atoms with Gasteiger partial charge in [-0.05, 0) is 17.5 Å². The Labute approximate surface area is 129 Å². The number of hydrogen-bond acceptors (Lipinski definition) is 4. The Morgan fingerprint density at radius 3 is 2.50 bits per heavy atom. The quantitative estimate of drug-likeness (QED) is 0.885. The Balaban J connectivity index is 2.36. The highest BCUT2D eigenvalue weighted by atomic mass is 16.5. The average Bonchev–Trinajstić information content (AvgIpc) is 2.50. The third-order valence-electron chi connectivity index (χ3n) is 3.46. The molecule has 22 heavy (non-hydrogen) atoms. The van der Waals surface area contributed by atoms with Crippen LogP contribution in [-0.4, -0.2) is 30.0 Å². The summed E-state index contributed by atoms with van der Waals surface area (Å²) in [5.41, 5.74) is 0.595. The highest BCUT2D eigenvalue weighted by Crippen LogP contribution is 2.22. The molecule has 5 heteroatoms. The molecule has 0 radical (unpaired) electrons. The summed E-state index contributed by atoms with van der Waals surface area (Å²) in [5, 5.41) is 3.64. The first kappa shape index (κ1) is 15.9. The monoisotopic (exact) mass is 300 g/mol. The molecular formula is C17H20N2O3. The van der Waals surface area contributed by atoms with Crippen molar-refractivity contribution in [1.82, 2.24) is 10.3 Å². The topological polar surface area (TPSA) is 68.3 Å². The van der Waals surface area contributed by atoms with E-state index >= 15 is 0 Å². The number of para-hydroxylation sites is 1. The fourth-order valence-electron chi connectivity index (χ4n) is 2.24. The molecule has 0 saturated carbocycles. The zero-order chi connectivity index (χ0) is 16.3. The summed E-state index contributed by atoms with van der Waals surface area (Å²) in [6.07, 6.45) is 1.64. The summed E-state index contributed by atoms with van der Waals surface area (Å²) in [6.45, 7) is 5.61. The lowest BCUT2D eigenvalue weighted by Crippen LogP contribution is -2.49. The molecule has 1 atom stereocenters. The SMILES string of the molecule is COC(=O)[C@@H](NC(=O)c1cccc2cccnc12)C(C)(C)C. The van der Waals surface area contributed by atoms with Gasteiger partial charge in [-0.25, -0.2) is 4.79 Å². The highest BCUT2D eigenvalue weighted by molar-refractivity contribution is 6.06. The second kappa shape index (κ2) is 6.13. The zero-order valence-corrected chi connectivity index (χ0v) is 13.2. The third-order valence-corrected chi connectivity index (χ3v) is 3.46. The number of rotatable bonds is 3. The normalized spacial score (nSPS) is 12.7. The van der Waals surface area contributed by atoms with Crippen LogP contribution in [0.3, 0.4) is 0 Å². The van der Waals surface area contributed by atoms with E-state index in [4.69, 9.17) is 4.74 Å². The van der Waals surface area contributed by atoms with Crippen molar-refractivity contribution in [2.24, 2.45) is 5.41 Å². The van der Waals surface area contributed by atoms with E-state index in [2.05, 4.69) is 10.3 Å². The third kappa shape index (κ3) is 3.24. The Hall–Kier alpha value is -2.43. The van der Waals surface area contributed by atoms with Crippen molar-refractivity contribution in [1.29, 1.82) is 0 Å². The molecular weight excluding hydrogens is 280 g/mol. The molecule has 0 aliphatic carbocycles. The first-order chi connectivity index (χ1) is 10.3. The van der Waals surface area contributed by atoms with Crippen LogP contribution in [0.25, 0.3) is 10.9 Å². The number of fused-ring (bicyclic) bond motifs is 1. The van der Waals surface area contributed by atoms with Gasteiger partial charge in [0.05, 0.1) is 18.2 Å². The van der Waals surface area contributed by atoms with Crippen LogP contribution < -0.4 is 5.32 Å². The molecule has 1 heterocycles. The molecule has 2 aromatic rings. The molecule has 1 aromatic carbocycles. The van der Waals surface area contributed by atoms with Gasteiger partial charge in [0.2, 0.25) is 0 Å². The Morgan fingerprint density at radius 1 is 1.18 bits per heavy atom. The van der Waals surface area contributed by atoms with Crippen LogP contribution in [0, 0.1) is 5.41 Å². The lowest BCUT2D eigenvalue weighted by atomic mass is 9.86. The van der Waals surface area contributed by atoms with E-state index in [1.165, 1.54) is 7.11 Å². The lowest BCUT2D eigenvalue weighted by molar-refractivity contribution is -0.145.